The minimum Gasteiger partial charge on any atom is -0.481 e. The van der Waals surface area contributed by atoms with Crippen LogP contribution in [0.15, 0.2) is 0 Å². The van der Waals surface area contributed by atoms with E-state index in [4.69, 9.17) is 5.11 Å². The molecule has 0 aromatic heterocycles. The number of carboxylic acid groups (broad SMARTS) is 1. The lowest BCUT2D eigenvalue weighted by molar-refractivity contribution is -0.142. The first-order chi connectivity index (χ1) is 9.32. The van der Waals surface area contributed by atoms with Crippen molar-refractivity contribution in [1.82, 2.24) is 8.61 Å². The summed E-state index contributed by atoms with van der Waals surface area (Å²) in [4.78, 5) is 10.9. The number of aliphatic hydroxyl groups is 1. The lowest BCUT2D eigenvalue weighted by Gasteiger charge is -2.32. The van der Waals surface area contributed by atoms with Crippen LogP contribution in [0.1, 0.15) is 26.2 Å². The Bertz CT molecular complexity index is 456. The average molecular weight is 306 g/mol. The SMILES string of the molecule is CC(O)C1CCN(S(=O)(=O)N2CCC(C(=O)O)CC2)C1. The maximum Gasteiger partial charge on any atom is 0.306 e. The van der Waals surface area contributed by atoms with E-state index >= 15 is 0 Å². The van der Waals surface area contributed by atoms with E-state index in [1.165, 1.54) is 8.61 Å². The Morgan fingerprint density at radius 1 is 1.15 bits per heavy atom. The highest BCUT2D eigenvalue weighted by Crippen LogP contribution is 2.27. The smallest absolute Gasteiger partial charge is 0.306 e. The van der Waals surface area contributed by atoms with Crippen LogP contribution in [0.25, 0.3) is 0 Å². The van der Waals surface area contributed by atoms with Crippen molar-refractivity contribution in [3.05, 3.63) is 0 Å². The monoisotopic (exact) mass is 306 g/mol. The highest BCUT2D eigenvalue weighted by Gasteiger charge is 2.39. The Morgan fingerprint density at radius 3 is 2.15 bits per heavy atom. The van der Waals surface area contributed by atoms with E-state index in [0.29, 0.717) is 32.4 Å². The molecule has 7 nitrogen and oxygen atoms in total. The predicted octanol–water partition coefficient (Wildman–Crippen LogP) is -0.269. The normalized spacial score (nSPS) is 28.6. The minimum atomic E-state index is -3.51. The second kappa shape index (κ2) is 5.97. The van der Waals surface area contributed by atoms with Crippen molar-refractivity contribution < 1.29 is 23.4 Å². The minimum absolute atomic E-state index is 0.0127. The Balaban J connectivity index is 1.97. The second-order valence-electron chi connectivity index (χ2n) is 5.67. The zero-order chi connectivity index (χ0) is 14.9. The van der Waals surface area contributed by atoms with Gasteiger partial charge in [-0.15, -0.1) is 0 Å². The molecule has 0 spiro atoms. The first kappa shape index (κ1) is 15.7. The Hall–Kier alpha value is -0.700. The summed E-state index contributed by atoms with van der Waals surface area (Å²) >= 11 is 0. The van der Waals surface area contributed by atoms with E-state index in [-0.39, 0.29) is 19.0 Å². The molecule has 0 bridgehead atoms. The summed E-state index contributed by atoms with van der Waals surface area (Å²) in [6, 6.07) is 0. The third-order valence-corrected chi connectivity index (χ3v) is 6.33. The molecule has 2 N–H and O–H groups in total. The molecule has 0 aliphatic carbocycles. The molecule has 0 radical (unpaired) electrons. The fourth-order valence-electron chi connectivity index (χ4n) is 2.85. The van der Waals surface area contributed by atoms with Crippen molar-refractivity contribution in [2.75, 3.05) is 26.2 Å². The third-order valence-electron chi connectivity index (χ3n) is 4.33. The molecule has 8 heteroatoms. The van der Waals surface area contributed by atoms with Crippen LogP contribution in [0.2, 0.25) is 0 Å². The van der Waals surface area contributed by atoms with Crippen LogP contribution in [-0.2, 0) is 15.0 Å². The van der Waals surface area contributed by atoms with Gasteiger partial charge in [0.25, 0.3) is 10.2 Å². The highest BCUT2D eigenvalue weighted by molar-refractivity contribution is 7.86. The summed E-state index contributed by atoms with van der Waals surface area (Å²) in [7, 11) is -3.51. The predicted molar refractivity (Wildman–Crippen MR) is 72.2 cm³/mol. The van der Waals surface area contributed by atoms with Crippen LogP contribution >= 0.6 is 0 Å². The molecule has 0 amide bonds. The summed E-state index contributed by atoms with van der Waals surface area (Å²) in [6.07, 6.45) is 0.889. The lowest BCUT2D eigenvalue weighted by atomic mass is 9.99. The van der Waals surface area contributed by atoms with Gasteiger partial charge in [0.15, 0.2) is 0 Å². The van der Waals surface area contributed by atoms with Crippen molar-refractivity contribution in [2.45, 2.75) is 32.3 Å². The Labute approximate surface area is 119 Å². The zero-order valence-electron chi connectivity index (χ0n) is 11.6. The molecule has 2 aliphatic rings. The molecular formula is C12H22N2O5S. The largest absolute Gasteiger partial charge is 0.481 e. The van der Waals surface area contributed by atoms with Gasteiger partial charge in [-0.25, -0.2) is 0 Å². The molecule has 2 fully saturated rings. The van der Waals surface area contributed by atoms with E-state index in [2.05, 4.69) is 0 Å². The van der Waals surface area contributed by atoms with Crippen LogP contribution in [0.4, 0.5) is 0 Å². The van der Waals surface area contributed by atoms with Crippen molar-refractivity contribution in [3.63, 3.8) is 0 Å². The number of rotatable bonds is 4. The van der Waals surface area contributed by atoms with E-state index < -0.39 is 28.2 Å². The van der Waals surface area contributed by atoms with Crippen LogP contribution in [0, 0.1) is 11.8 Å². The topological polar surface area (TPSA) is 98.2 Å². The fourth-order valence-corrected chi connectivity index (χ4v) is 4.57. The van der Waals surface area contributed by atoms with Gasteiger partial charge in [0, 0.05) is 26.2 Å². The van der Waals surface area contributed by atoms with Gasteiger partial charge in [-0.2, -0.15) is 17.0 Å². The van der Waals surface area contributed by atoms with Crippen LogP contribution in [0.3, 0.4) is 0 Å². The molecule has 2 saturated heterocycles. The van der Waals surface area contributed by atoms with Gasteiger partial charge < -0.3 is 10.2 Å². The van der Waals surface area contributed by atoms with Gasteiger partial charge in [0.2, 0.25) is 0 Å². The molecule has 0 aromatic carbocycles. The van der Waals surface area contributed by atoms with E-state index in [9.17, 15) is 18.3 Å². The molecule has 0 aromatic rings. The van der Waals surface area contributed by atoms with E-state index in [1.54, 1.807) is 6.92 Å². The standard InChI is InChI=1S/C12H22N2O5S/c1-9(15)11-4-7-14(8-11)20(18,19)13-5-2-10(3-6-13)12(16)17/h9-11,15H,2-8H2,1H3,(H,16,17). The number of carboxylic acids is 1. The summed E-state index contributed by atoms with van der Waals surface area (Å²) in [5.41, 5.74) is 0. The molecule has 116 valence electrons. The molecule has 2 heterocycles. The lowest BCUT2D eigenvalue weighted by Crippen LogP contribution is -2.47. The van der Waals surface area contributed by atoms with E-state index in [0.717, 1.165) is 0 Å². The number of hydrogen-bond acceptors (Lipinski definition) is 4. The number of hydrogen-bond donors (Lipinski definition) is 2. The number of aliphatic carboxylic acids is 1. The maximum atomic E-state index is 12.5. The molecule has 2 atom stereocenters. The van der Waals surface area contributed by atoms with Gasteiger partial charge in [0.1, 0.15) is 0 Å². The van der Waals surface area contributed by atoms with Crippen LogP contribution in [-0.4, -0.2) is 65.5 Å². The zero-order valence-corrected chi connectivity index (χ0v) is 12.4. The third kappa shape index (κ3) is 3.13. The van der Waals surface area contributed by atoms with Crippen LogP contribution < -0.4 is 0 Å². The average Bonchev–Trinajstić information content (AvgIpc) is 2.89. The summed E-state index contributed by atoms with van der Waals surface area (Å²) in [5, 5.41) is 18.5. The molecule has 2 unspecified atom stereocenters. The van der Waals surface area contributed by atoms with Gasteiger partial charge in [-0.1, -0.05) is 0 Å². The molecule has 2 aliphatic heterocycles. The fraction of sp³-hybridized carbons (Fsp3) is 0.917. The second-order valence-corrected chi connectivity index (χ2v) is 7.60. The molecular weight excluding hydrogens is 284 g/mol. The van der Waals surface area contributed by atoms with Gasteiger partial charge in [-0.3, -0.25) is 4.79 Å². The van der Waals surface area contributed by atoms with Gasteiger partial charge >= 0.3 is 5.97 Å². The number of carbonyl (C=O) groups is 1. The van der Waals surface area contributed by atoms with Crippen molar-refractivity contribution in [2.24, 2.45) is 11.8 Å². The quantitative estimate of drug-likeness (QED) is 0.745. The maximum absolute atomic E-state index is 12.5. The van der Waals surface area contributed by atoms with Crippen molar-refractivity contribution >= 4 is 16.2 Å². The van der Waals surface area contributed by atoms with Gasteiger partial charge in [-0.05, 0) is 32.1 Å². The Morgan fingerprint density at radius 2 is 1.70 bits per heavy atom. The highest BCUT2D eigenvalue weighted by atomic mass is 32.2. The van der Waals surface area contributed by atoms with Crippen LogP contribution in [0.5, 0.6) is 0 Å². The summed E-state index contributed by atoms with van der Waals surface area (Å²) < 4.78 is 27.7. The summed E-state index contributed by atoms with van der Waals surface area (Å²) in [5.74, 6) is -1.30. The number of piperidine rings is 1. The molecule has 2 rings (SSSR count). The first-order valence-electron chi connectivity index (χ1n) is 6.98. The van der Waals surface area contributed by atoms with Gasteiger partial charge in [0.05, 0.1) is 12.0 Å². The molecule has 0 saturated carbocycles. The van der Waals surface area contributed by atoms with Crippen molar-refractivity contribution in [1.29, 1.82) is 0 Å². The summed E-state index contributed by atoms with van der Waals surface area (Å²) in [6.45, 7) is 2.97. The first-order valence-corrected chi connectivity index (χ1v) is 8.38. The number of aliphatic hydroxyl groups excluding tert-OH is 1. The van der Waals surface area contributed by atoms with E-state index in [1.807, 2.05) is 0 Å². The molecule has 20 heavy (non-hydrogen) atoms. The Kier molecular flexibility index (Phi) is 4.68. The number of nitrogens with zero attached hydrogens (tertiary/aromatic N) is 2. The van der Waals surface area contributed by atoms with Crippen molar-refractivity contribution in [3.8, 4) is 0 Å².